The number of hydrogen-bond acceptors (Lipinski definition) is 9. The average molecular weight is 670 g/mol. The van der Waals surface area contributed by atoms with E-state index in [1.54, 1.807) is 43.6 Å². The van der Waals surface area contributed by atoms with Crippen LogP contribution in [0.5, 0.6) is 11.5 Å². The van der Waals surface area contributed by atoms with E-state index in [1.165, 1.54) is 12.8 Å². The average Bonchev–Trinajstić information content (AvgIpc) is 3.69. The van der Waals surface area contributed by atoms with Crippen molar-refractivity contribution in [2.75, 3.05) is 44.6 Å². The molecule has 2 aromatic carbocycles. The summed E-state index contributed by atoms with van der Waals surface area (Å²) in [5.41, 5.74) is 8.06. The molecule has 3 fully saturated rings. The highest BCUT2D eigenvalue weighted by Gasteiger charge is 2.42. The minimum atomic E-state index is -0.606. The lowest BCUT2D eigenvalue weighted by Crippen LogP contribution is -2.50. The maximum Gasteiger partial charge on any atom is 0.253 e. The number of nitrogens with zero attached hydrogens (tertiary/aromatic N) is 3. The molecule has 1 saturated carbocycles. The van der Waals surface area contributed by atoms with Gasteiger partial charge in [0.25, 0.3) is 17.7 Å². The number of primary amides is 1. The summed E-state index contributed by atoms with van der Waals surface area (Å²) in [6.07, 6.45) is 9.73. The molecule has 1 aromatic heterocycles. The summed E-state index contributed by atoms with van der Waals surface area (Å²) in [6, 6.07) is 14.8. The van der Waals surface area contributed by atoms with E-state index in [4.69, 9.17) is 20.2 Å². The van der Waals surface area contributed by atoms with E-state index in [0.717, 1.165) is 50.9 Å². The molecular formula is C37H47N7O5. The molecule has 12 nitrogen and oxygen atoms in total. The standard InChI is InChI=1S/C37H47N7O5/c1-43(2)16-17-49-33-21-26(10-14-32(33)48-3)40-31-18-23(8-13-30(31)35(38)45)36(46)42-27-19-28-11-12-29(20-27)44(28)34-15-9-24(22-39-34)37(47)41-25-6-4-5-7-25/h8-10,13-15,18,21-22,25,27-29,40H,4-7,11-12,16-17,19-20H2,1-3H3,(H2,38,45)(H,41,47)(H,42,46)/t27-,28+,29-. The fourth-order valence-corrected chi connectivity index (χ4v) is 7.31. The second-order valence-corrected chi connectivity index (χ2v) is 13.6. The molecule has 3 atom stereocenters. The number of carbonyl (C=O) groups excluding carboxylic acids is 3. The van der Waals surface area contributed by atoms with Gasteiger partial charge in [-0.25, -0.2) is 4.98 Å². The lowest BCUT2D eigenvalue weighted by Gasteiger charge is -2.40. The Hall–Kier alpha value is -4.84. The number of fused-ring (bicyclic) bond motifs is 2. The van der Waals surface area contributed by atoms with Crippen LogP contribution in [0.3, 0.4) is 0 Å². The van der Waals surface area contributed by atoms with Crippen LogP contribution < -0.4 is 36.1 Å². The van der Waals surface area contributed by atoms with E-state index in [9.17, 15) is 14.4 Å². The molecule has 0 spiro atoms. The molecular weight excluding hydrogens is 622 g/mol. The van der Waals surface area contributed by atoms with Gasteiger partial charge >= 0.3 is 0 Å². The van der Waals surface area contributed by atoms with E-state index >= 15 is 0 Å². The van der Waals surface area contributed by atoms with Gasteiger partial charge in [0, 0.05) is 54.2 Å². The number of rotatable bonds is 13. The number of nitrogens with one attached hydrogen (secondary N) is 3. The van der Waals surface area contributed by atoms with Crippen LogP contribution in [-0.2, 0) is 0 Å². The second kappa shape index (κ2) is 15.1. The van der Waals surface area contributed by atoms with Crippen LogP contribution in [0.1, 0.15) is 82.4 Å². The maximum atomic E-state index is 13.6. The zero-order valence-electron chi connectivity index (χ0n) is 28.5. The summed E-state index contributed by atoms with van der Waals surface area (Å²) in [4.78, 5) is 47.7. The highest BCUT2D eigenvalue weighted by molar-refractivity contribution is 6.02. The first-order chi connectivity index (χ1) is 23.7. The molecule has 3 aromatic rings. The predicted octanol–water partition coefficient (Wildman–Crippen LogP) is 4.48. The van der Waals surface area contributed by atoms with Crippen molar-refractivity contribution in [1.29, 1.82) is 0 Å². The molecule has 0 unspecified atom stereocenters. The van der Waals surface area contributed by atoms with Crippen molar-refractivity contribution in [2.24, 2.45) is 5.73 Å². The zero-order valence-corrected chi connectivity index (χ0v) is 28.5. The molecule has 6 rings (SSSR count). The van der Waals surface area contributed by atoms with Crippen molar-refractivity contribution >= 4 is 34.9 Å². The first-order valence-electron chi connectivity index (χ1n) is 17.2. The minimum Gasteiger partial charge on any atom is -0.493 e. The molecule has 2 bridgehead atoms. The van der Waals surface area contributed by atoms with E-state index in [2.05, 4.69) is 20.9 Å². The molecule has 3 amide bonds. The Kier molecular flexibility index (Phi) is 10.5. The van der Waals surface area contributed by atoms with Crippen LogP contribution in [0.25, 0.3) is 0 Å². The van der Waals surface area contributed by atoms with Gasteiger partial charge in [0.2, 0.25) is 0 Å². The van der Waals surface area contributed by atoms with Gasteiger partial charge in [-0.1, -0.05) is 12.8 Å². The Morgan fingerprint density at radius 3 is 2.22 bits per heavy atom. The number of anilines is 3. The van der Waals surface area contributed by atoms with Crippen molar-refractivity contribution in [1.82, 2.24) is 20.5 Å². The quantitative estimate of drug-likeness (QED) is 0.207. The number of methoxy groups -OCH3 is 1. The number of piperidine rings is 1. The van der Waals surface area contributed by atoms with Crippen LogP contribution in [0.4, 0.5) is 17.2 Å². The van der Waals surface area contributed by atoms with Crippen molar-refractivity contribution in [3.8, 4) is 11.5 Å². The Balaban J connectivity index is 1.10. The molecule has 5 N–H and O–H groups in total. The molecule has 49 heavy (non-hydrogen) atoms. The molecule has 0 radical (unpaired) electrons. The maximum absolute atomic E-state index is 13.6. The van der Waals surface area contributed by atoms with Gasteiger partial charge in [-0.15, -0.1) is 0 Å². The van der Waals surface area contributed by atoms with Gasteiger partial charge in [0.1, 0.15) is 12.4 Å². The van der Waals surface area contributed by atoms with Gasteiger partial charge < -0.3 is 41.0 Å². The molecule has 260 valence electrons. The molecule has 12 heteroatoms. The minimum absolute atomic E-state index is 0.00611. The fraction of sp³-hybridized carbons (Fsp3) is 0.459. The van der Waals surface area contributed by atoms with E-state index in [0.29, 0.717) is 40.6 Å². The lowest BCUT2D eigenvalue weighted by atomic mass is 9.96. The monoisotopic (exact) mass is 669 g/mol. The first kappa shape index (κ1) is 34.0. The van der Waals surface area contributed by atoms with Crippen molar-refractivity contribution < 1.29 is 23.9 Å². The Morgan fingerprint density at radius 1 is 0.878 bits per heavy atom. The number of nitrogens with two attached hydrogens (primary N) is 1. The van der Waals surface area contributed by atoms with Gasteiger partial charge in [0.05, 0.1) is 23.9 Å². The third-order valence-electron chi connectivity index (χ3n) is 9.82. The normalized spacial score (nSPS) is 20.2. The predicted molar refractivity (Wildman–Crippen MR) is 189 cm³/mol. The van der Waals surface area contributed by atoms with E-state index in [1.807, 2.05) is 37.2 Å². The summed E-state index contributed by atoms with van der Waals surface area (Å²) in [6.45, 7) is 1.20. The van der Waals surface area contributed by atoms with Crippen LogP contribution in [0.2, 0.25) is 0 Å². The highest BCUT2D eigenvalue weighted by atomic mass is 16.5. The lowest BCUT2D eigenvalue weighted by molar-refractivity contribution is 0.0922. The zero-order chi connectivity index (χ0) is 34.5. The molecule has 1 aliphatic carbocycles. The number of amides is 3. The number of pyridine rings is 1. The van der Waals surface area contributed by atoms with Crippen molar-refractivity contribution in [3.05, 3.63) is 71.4 Å². The van der Waals surface area contributed by atoms with Crippen LogP contribution in [0, 0.1) is 0 Å². The third kappa shape index (κ3) is 8.07. The summed E-state index contributed by atoms with van der Waals surface area (Å²) in [5.74, 6) is 1.14. The highest BCUT2D eigenvalue weighted by Crippen LogP contribution is 2.39. The molecule has 2 aliphatic heterocycles. The van der Waals surface area contributed by atoms with E-state index in [-0.39, 0.29) is 41.5 Å². The van der Waals surface area contributed by atoms with Gasteiger partial charge in [-0.3, -0.25) is 14.4 Å². The number of aromatic nitrogens is 1. The largest absolute Gasteiger partial charge is 0.493 e. The van der Waals surface area contributed by atoms with Gasteiger partial charge in [-0.05, 0) is 95.1 Å². The summed E-state index contributed by atoms with van der Waals surface area (Å²) >= 11 is 0. The summed E-state index contributed by atoms with van der Waals surface area (Å²) < 4.78 is 11.4. The Morgan fingerprint density at radius 2 is 1.57 bits per heavy atom. The fourth-order valence-electron chi connectivity index (χ4n) is 7.31. The number of carbonyl (C=O) groups is 3. The Bertz CT molecular complexity index is 1640. The second-order valence-electron chi connectivity index (χ2n) is 13.6. The smallest absolute Gasteiger partial charge is 0.253 e. The van der Waals surface area contributed by atoms with E-state index < -0.39 is 5.91 Å². The number of likely N-dealkylation sites (N-methyl/N-ethyl adjacent to an activating group) is 1. The third-order valence-corrected chi connectivity index (χ3v) is 9.82. The SMILES string of the molecule is COc1ccc(Nc2cc(C(=O)N[C@H]3C[C@H]4CC[C@@H](C3)N4c3ccc(C(=O)NC4CCCC4)cn3)ccc2C(N)=O)cc1OCCN(C)C. The molecule has 2 saturated heterocycles. The first-order valence-corrected chi connectivity index (χ1v) is 17.2. The van der Waals surface area contributed by atoms with Crippen LogP contribution in [0.15, 0.2) is 54.7 Å². The van der Waals surface area contributed by atoms with Gasteiger partial charge in [0.15, 0.2) is 11.5 Å². The molecule has 3 heterocycles. The topological polar surface area (TPSA) is 151 Å². The van der Waals surface area contributed by atoms with Crippen LogP contribution in [-0.4, -0.2) is 86.1 Å². The Labute approximate surface area is 287 Å². The number of hydrogen-bond donors (Lipinski definition) is 4. The summed E-state index contributed by atoms with van der Waals surface area (Å²) in [5, 5.41) is 9.62. The molecule has 3 aliphatic rings. The summed E-state index contributed by atoms with van der Waals surface area (Å²) in [7, 11) is 5.52. The number of benzene rings is 2. The number of ether oxygens (including phenoxy) is 2. The van der Waals surface area contributed by atoms with Crippen LogP contribution >= 0.6 is 0 Å². The van der Waals surface area contributed by atoms with Crippen molar-refractivity contribution in [2.45, 2.75) is 75.5 Å². The van der Waals surface area contributed by atoms with Crippen molar-refractivity contribution in [3.63, 3.8) is 0 Å². The van der Waals surface area contributed by atoms with Gasteiger partial charge in [-0.2, -0.15) is 0 Å².